The second-order valence-electron chi connectivity index (χ2n) is 2.70. The maximum absolute atomic E-state index is 11.3. The summed E-state index contributed by atoms with van der Waals surface area (Å²) in [7, 11) is 0. The van der Waals surface area contributed by atoms with Crippen LogP contribution >= 0.6 is 0 Å². The largest absolute Gasteiger partial charge is 0.384 e. The Morgan fingerprint density at radius 3 is 2.92 bits per heavy atom. The Bertz CT molecular complexity index is 517. The molecule has 2 heterocycles. The van der Waals surface area contributed by atoms with E-state index in [2.05, 4.69) is 9.97 Å². The van der Waals surface area contributed by atoms with E-state index in [1.54, 1.807) is 18.3 Å². The van der Waals surface area contributed by atoms with Gasteiger partial charge >= 0.3 is 0 Å². The summed E-state index contributed by atoms with van der Waals surface area (Å²) in [6, 6.07) is 3.34. The molecule has 0 spiro atoms. The van der Waals surface area contributed by atoms with Gasteiger partial charge in [-0.3, -0.25) is 4.79 Å². The molecule has 0 bridgehead atoms. The number of nitrogens with one attached hydrogen (secondary N) is 1. The van der Waals surface area contributed by atoms with Crippen LogP contribution in [0, 0.1) is 0 Å². The lowest BCUT2D eigenvalue weighted by Crippen LogP contribution is -2.09. The van der Waals surface area contributed by atoms with Crippen molar-refractivity contribution < 1.29 is 0 Å². The number of hydrogen-bond acceptors (Lipinski definition) is 4. The van der Waals surface area contributed by atoms with Gasteiger partial charge in [0.15, 0.2) is 0 Å². The van der Waals surface area contributed by atoms with Crippen molar-refractivity contribution in [3.8, 4) is 0 Å². The minimum atomic E-state index is -0.248. The van der Waals surface area contributed by atoms with E-state index in [4.69, 9.17) is 11.5 Å². The van der Waals surface area contributed by atoms with Gasteiger partial charge in [-0.1, -0.05) is 0 Å². The topological polar surface area (TPSA) is 97.8 Å². The highest BCUT2D eigenvalue weighted by atomic mass is 16.1. The number of hydrogen-bond donors (Lipinski definition) is 3. The highest BCUT2D eigenvalue weighted by Crippen LogP contribution is 2.16. The summed E-state index contributed by atoms with van der Waals surface area (Å²) in [5.41, 5.74) is 10.8. The molecule has 0 fully saturated rings. The third-order valence-corrected chi connectivity index (χ3v) is 1.80. The zero-order chi connectivity index (χ0) is 9.42. The molecule has 5 nitrogen and oxygen atoms in total. The number of aromatic nitrogens is 2. The highest BCUT2D eigenvalue weighted by Gasteiger charge is 2.03. The number of H-pyrrole nitrogens is 1. The lowest BCUT2D eigenvalue weighted by atomic mass is 10.2. The van der Waals surface area contributed by atoms with E-state index in [-0.39, 0.29) is 11.4 Å². The zero-order valence-corrected chi connectivity index (χ0v) is 6.74. The molecule has 0 atom stereocenters. The molecule has 2 rings (SSSR count). The van der Waals surface area contributed by atoms with Crippen LogP contribution in [0.1, 0.15) is 0 Å². The van der Waals surface area contributed by atoms with Gasteiger partial charge < -0.3 is 16.5 Å². The van der Waals surface area contributed by atoms with E-state index in [9.17, 15) is 4.79 Å². The molecular weight excluding hydrogens is 168 g/mol. The van der Waals surface area contributed by atoms with Crippen molar-refractivity contribution in [1.82, 2.24) is 9.97 Å². The van der Waals surface area contributed by atoms with Crippen molar-refractivity contribution in [3.63, 3.8) is 0 Å². The second kappa shape index (κ2) is 2.48. The van der Waals surface area contributed by atoms with E-state index < -0.39 is 0 Å². The average molecular weight is 176 g/mol. The standard InChI is InChI=1S/C8H8N4O/c9-5-3-4-1-2-11-8(13)6(4)7(10)12-5/h1-3H,(H,11,13)(H4,9,10,12). The smallest absolute Gasteiger partial charge is 0.259 e. The van der Waals surface area contributed by atoms with Crippen molar-refractivity contribution in [2.24, 2.45) is 0 Å². The summed E-state index contributed by atoms with van der Waals surface area (Å²) in [5.74, 6) is 0.479. The lowest BCUT2D eigenvalue weighted by Gasteiger charge is -2.00. The Kier molecular flexibility index (Phi) is 1.45. The van der Waals surface area contributed by atoms with Crippen LogP contribution in [0.5, 0.6) is 0 Å². The van der Waals surface area contributed by atoms with Crippen LogP contribution in [0.25, 0.3) is 10.8 Å². The summed E-state index contributed by atoms with van der Waals surface area (Å²) in [4.78, 5) is 17.6. The predicted molar refractivity (Wildman–Crippen MR) is 51.2 cm³/mol. The molecule has 5 heteroatoms. The Labute approximate surface area is 73.4 Å². The minimum absolute atomic E-state index is 0.164. The van der Waals surface area contributed by atoms with Crippen molar-refractivity contribution in [3.05, 3.63) is 28.7 Å². The summed E-state index contributed by atoms with van der Waals surface area (Å²) >= 11 is 0. The maximum Gasteiger partial charge on any atom is 0.259 e. The number of aromatic amines is 1. The minimum Gasteiger partial charge on any atom is -0.384 e. The first kappa shape index (κ1) is 7.60. The number of anilines is 2. The molecule has 2 aromatic heterocycles. The van der Waals surface area contributed by atoms with Gasteiger partial charge in [-0.2, -0.15) is 0 Å². The number of fused-ring (bicyclic) bond motifs is 1. The van der Waals surface area contributed by atoms with Gasteiger partial charge in [-0.25, -0.2) is 4.98 Å². The molecule has 0 aliphatic rings. The van der Waals surface area contributed by atoms with Gasteiger partial charge in [0.1, 0.15) is 11.6 Å². The molecule has 0 aliphatic carbocycles. The number of nitrogens with two attached hydrogens (primary N) is 2. The van der Waals surface area contributed by atoms with Crippen molar-refractivity contribution >= 4 is 22.4 Å². The molecule has 2 aromatic rings. The molecule has 0 unspecified atom stereocenters. The SMILES string of the molecule is Nc1cc2cc[nH]c(=O)c2c(N)n1. The van der Waals surface area contributed by atoms with E-state index in [1.807, 2.05) is 0 Å². The molecule has 0 amide bonds. The van der Waals surface area contributed by atoms with Crippen LogP contribution in [-0.2, 0) is 0 Å². The second-order valence-corrected chi connectivity index (χ2v) is 2.70. The van der Waals surface area contributed by atoms with Gasteiger partial charge in [-0.05, 0) is 17.5 Å². The van der Waals surface area contributed by atoms with E-state index >= 15 is 0 Å². The molecule has 13 heavy (non-hydrogen) atoms. The Morgan fingerprint density at radius 1 is 1.38 bits per heavy atom. The molecule has 0 aromatic carbocycles. The third-order valence-electron chi connectivity index (χ3n) is 1.80. The van der Waals surface area contributed by atoms with Crippen LogP contribution in [0.4, 0.5) is 11.6 Å². The monoisotopic (exact) mass is 176 g/mol. The van der Waals surface area contributed by atoms with E-state index in [0.717, 1.165) is 0 Å². The summed E-state index contributed by atoms with van der Waals surface area (Å²) < 4.78 is 0. The molecule has 66 valence electrons. The predicted octanol–water partition coefficient (Wildman–Crippen LogP) is 0.0875. The van der Waals surface area contributed by atoms with Crippen molar-refractivity contribution in [2.45, 2.75) is 0 Å². The van der Waals surface area contributed by atoms with Crippen LogP contribution < -0.4 is 17.0 Å². The summed E-state index contributed by atoms with van der Waals surface area (Å²) in [6.45, 7) is 0. The third kappa shape index (κ3) is 1.10. The number of nitrogens with zero attached hydrogens (tertiary/aromatic N) is 1. The normalized spacial score (nSPS) is 10.5. The van der Waals surface area contributed by atoms with E-state index in [0.29, 0.717) is 16.6 Å². The number of rotatable bonds is 0. The highest BCUT2D eigenvalue weighted by molar-refractivity contribution is 5.91. The van der Waals surface area contributed by atoms with Gasteiger partial charge in [-0.15, -0.1) is 0 Å². The Morgan fingerprint density at radius 2 is 2.15 bits per heavy atom. The van der Waals surface area contributed by atoms with Gasteiger partial charge in [0.05, 0.1) is 5.39 Å². The first-order valence-corrected chi connectivity index (χ1v) is 3.72. The van der Waals surface area contributed by atoms with Crippen molar-refractivity contribution in [2.75, 3.05) is 11.5 Å². The lowest BCUT2D eigenvalue weighted by molar-refractivity contribution is 1.26. The molecule has 0 saturated heterocycles. The fourth-order valence-electron chi connectivity index (χ4n) is 1.26. The fraction of sp³-hybridized carbons (Fsp3) is 0. The summed E-state index contributed by atoms with van der Waals surface area (Å²) in [5, 5.41) is 1.09. The number of nitrogen functional groups attached to an aromatic ring is 2. The molecule has 0 aliphatic heterocycles. The first-order chi connectivity index (χ1) is 6.18. The average Bonchev–Trinajstić information content (AvgIpc) is 2.02. The van der Waals surface area contributed by atoms with Crippen molar-refractivity contribution in [1.29, 1.82) is 0 Å². The van der Waals surface area contributed by atoms with Crippen LogP contribution in [0.3, 0.4) is 0 Å². The molecule has 0 radical (unpaired) electrons. The van der Waals surface area contributed by atoms with E-state index in [1.165, 1.54) is 0 Å². The van der Waals surface area contributed by atoms with Gasteiger partial charge in [0.25, 0.3) is 5.56 Å². The maximum atomic E-state index is 11.3. The Hall–Kier alpha value is -2.04. The van der Waals surface area contributed by atoms with Gasteiger partial charge in [0, 0.05) is 6.20 Å². The zero-order valence-electron chi connectivity index (χ0n) is 6.74. The molecule has 5 N–H and O–H groups in total. The van der Waals surface area contributed by atoms with Gasteiger partial charge in [0.2, 0.25) is 0 Å². The van der Waals surface area contributed by atoms with Crippen LogP contribution in [-0.4, -0.2) is 9.97 Å². The Balaban J connectivity index is 3.03. The summed E-state index contributed by atoms with van der Waals surface area (Å²) in [6.07, 6.45) is 1.55. The fourth-order valence-corrected chi connectivity index (χ4v) is 1.26. The quantitative estimate of drug-likeness (QED) is 0.529. The molecular formula is C8H8N4O. The molecule has 0 saturated carbocycles. The van der Waals surface area contributed by atoms with Crippen LogP contribution in [0.2, 0.25) is 0 Å². The first-order valence-electron chi connectivity index (χ1n) is 3.72. The van der Waals surface area contributed by atoms with Crippen LogP contribution in [0.15, 0.2) is 23.1 Å². The number of pyridine rings is 2.